The number of benzene rings is 2. The SMILES string of the molecule is O=Cc1ccc(-c2ccc(CI)cc2)cc1. The highest BCUT2D eigenvalue weighted by molar-refractivity contribution is 14.1. The summed E-state index contributed by atoms with van der Waals surface area (Å²) in [5, 5.41) is 0. The molecule has 0 N–H and O–H groups in total. The van der Waals surface area contributed by atoms with Crippen molar-refractivity contribution >= 4 is 28.9 Å². The molecule has 0 saturated heterocycles. The van der Waals surface area contributed by atoms with Crippen molar-refractivity contribution in [2.75, 3.05) is 0 Å². The minimum atomic E-state index is 0.715. The molecule has 0 saturated carbocycles. The fourth-order valence-corrected chi connectivity index (χ4v) is 2.05. The predicted molar refractivity (Wildman–Crippen MR) is 75.0 cm³/mol. The summed E-state index contributed by atoms with van der Waals surface area (Å²) in [4.78, 5) is 10.5. The highest BCUT2D eigenvalue weighted by Gasteiger charge is 1.97. The fraction of sp³-hybridized carbons (Fsp3) is 0.0714. The molecular formula is C14H11IO. The third-order valence-electron chi connectivity index (χ3n) is 2.49. The first kappa shape index (κ1) is 11.3. The van der Waals surface area contributed by atoms with Crippen LogP contribution in [0.2, 0.25) is 0 Å². The van der Waals surface area contributed by atoms with Crippen LogP contribution in [0.5, 0.6) is 0 Å². The van der Waals surface area contributed by atoms with Crippen molar-refractivity contribution in [3.63, 3.8) is 0 Å². The van der Waals surface area contributed by atoms with Gasteiger partial charge in [0.2, 0.25) is 0 Å². The van der Waals surface area contributed by atoms with Gasteiger partial charge in [-0.15, -0.1) is 0 Å². The van der Waals surface area contributed by atoms with Crippen LogP contribution in [0.15, 0.2) is 48.5 Å². The first-order valence-electron chi connectivity index (χ1n) is 5.04. The summed E-state index contributed by atoms with van der Waals surface area (Å²) >= 11 is 2.35. The molecule has 2 aromatic carbocycles. The smallest absolute Gasteiger partial charge is 0.150 e. The lowest BCUT2D eigenvalue weighted by molar-refractivity contribution is 0.112. The van der Waals surface area contributed by atoms with Gasteiger partial charge in [0.05, 0.1) is 0 Å². The van der Waals surface area contributed by atoms with E-state index in [1.807, 2.05) is 24.3 Å². The molecule has 16 heavy (non-hydrogen) atoms. The van der Waals surface area contributed by atoms with Gasteiger partial charge in [-0.3, -0.25) is 4.79 Å². The Morgan fingerprint density at radius 1 is 0.875 bits per heavy atom. The van der Waals surface area contributed by atoms with Gasteiger partial charge in [-0.05, 0) is 16.7 Å². The van der Waals surface area contributed by atoms with Crippen molar-refractivity contribution in [2.45, 2.75) is 4.43 Å². The van der Waals surface area contributed by atoms with E-state index < -0.39 is 0 Å². The van der Waals surface area contributed by atoms with Crippen LogP contribution in [-0.4, -0.2) is 6.29 Å². The van der Waals surface area contributed by atoms with E-state index in [-0.39, 0.29) is 0 Å². The minimum absolute atomic E-state index is 0.715. The van der Waals surface area contributed by atoms with Crippen molar-refractivity contribution in [3.05, 3.63) is 59.7 Å². The molecule has 80 valence electrons. The Morgan fingerprint density at radius 2 is 1.38 bits per heavy atom. The van der Waals surface area contributed by atoms with Gasteiger partial charge < -0.3 is 0 Å². The number of hydrogen-bond acceptors (Lipinski definition) is 1. The van der Waals surface area contributed by atoms with Crippen molar-refractivity contribution in [1.82, 2.24) is 0 Å². The number of rotatable bonds is 3. The molecule has 0 aliphatic rings. The zero-order valence-corrected chi connectivity index (χ0v) is 10.8. The number of carbonyl (C=O) groups is 1. The summed E-state index contributed by atoms with van der Waals surface area (Å²) in [6.07, 6.45) is 0.864. The fourth-order valence-electron chi connectivity index (χ4n) is 1.54. The molecule has 2 heteroatoms. The maximum absolute atomic E-state index is 10.5. The van der Waals surface area contributed by atoms with Gasteiger partial charge >= 0.3 is 0 Å². The van der Waals surface area contributed by atoms with Crippen LogP contribution in [0.4, 0.5) is 0 Å². The summed E-state index contributed by atoms with van der Waals surface area (Å²) in [5.74, 6) is 0. The molecule has 2 aromatic rings. The van der Waals surface area contributed by atoms with E-state index in [0.29, 0.717) is 5.56 Å². The molecule has 0 spiro atoms. The van der Waals surface area contributed by atoms with E-state index in [2.05, 4.69) is 46.9 Å². The van der Waals surface area contributed by atoms with E-state index in [9.17, 15) is 4.79 Å². The zero-order valence-electron chi connectivity index (χ0n) is 8.69. The van der Waals surface area contributed by atoms with Crippen LogP contribution in [0.1, 0.15) is 15.9 Å². The third kappa shape index (κ3) is 2.50. The van der Waals surface area contributed by atoms with E-state index >= 15 is 0 Å². The lowest BCUT2D eigenvalue weighted by Gasteiger charge is -2.03. The summed E-state index contributed by atoms with van der Waals surface area (Å²) in [7, 11) is 0. The van der Waals surface area contributed by atoms with Crippen LogP contribution in [-0.2, 0) is 4.43 Å². The number of hydrogen-bond donors (Lipinski definition) is 0. The Balaban J connectivity index is 2.31. The number of halogens is 1. The van der Waals surface area contributed by atoms with E-state index in [4.69, 9.17) is 0 Å². The number of carbonyl (C=O) groups excluding carboxylic acids is 1. The topological polar surface area (TPSA) is 17.1 Å². The molecule has 0 unspecified atom stereocenters. The van der Waals surface area contributed by atoms with Gasteiger partial charge in [-0.2, -0.15) is 0 Å². The maximum atomic E-state index is 10.5. The third-order valence-corrected chi connectivity index (χ3v) is 3.37. The predicted octanol–water partition coefficient (Wildman–Crippen LogP) is 4.10. The summed E-state index contributed by atoms with van der Waals surface area (Å²) in [6.45, 7) is 0. The van der Waals surface area contributed by atoms with Gasteiger partial charge in [0, 0.05) is 9.99 Å². The number of aldehydes is 1. The lowest BCUT2D eigenvalue weighted by atomic mass is 10.0. The summed E-state index contributed by atoms with van der Waals surface area (Å²) in [5.41, 5.74) is 4.37. The second-order valence-corrected chi connectivity index (χ2v) is 4.33. The average Bonchev–Trinajstić information content (AvgIpc) is 2.39. The molecule has 1 nitrogen and oxygen atoms in total. The van der Waals surface area contributed by atoms with Crippen LogP contribution < -0.4 is 0 Å². The van der Waals surface area contributed by atoms with Crippen molar-refractivity contribution in [3.8, 4) is 11.1 Å². The molecule has 0 heterocycles. The molecule has 0 bridgehead atoms. The average molecular weight is 322 g/mol. The second kappa shape index (κ2) is 5.25. The van der Waals surface area contributed by atoms with Crippen LogP contribution in [0.3, 0.4) is 0 Å². The quantitative estimate of drug-likeness (QED) is 0.472. The molecule has 0 aromatic heterocycles. The van der Waals surface area contributed by atoms with E-state index in [1.54, 1.807) is 0 Å². The molecule has 0 aliphatic heterocycles. The molecule has 0 amide bonds. The summed E-state index contributed by atoms with van der Waals surface area (Å²) < 4.78 is 1.03. The largest absolute Gasteiger partial charge is 0.298 e. The zero-order chi connectivity index (χ0) is 11.4. The lowest BCUT2D eigenvalue weighted by Crippen LogP contribution is -1.82. The first-order chi connectivity index (χ1) is 7.83. The van der Waals surface area contributed by atoms with Crippen molar-refractivity contribution < 1.29 is 4.79 Å². The van der Waals surface area contributed by atoms with Crippen molar-refractivity contribution in [2.24, 2.45) is 0 Å². The molecule has 2 rings (SSSR count). The first-order valence-corrected chi connectivity index (χ1v) is 6.56. The normalized spacial score (nSPS) is 10.1. The standard InChI is InChI=1S/C14H11IO/c15-9-11-1-5-13(6-2-11)14-7-3-12(10-16)4-8-14/h1-8,10H,9H2. The molecule has 0 radical (unpaired) electrons. The van der Waals surface area contributed by atoms with Crippen LogP contribution >= 0.6 is 22.6 Å². The van der Waals surface area contributed by atoms with Crippen molar-refractivity contribution in [1.29, 1.82) is 0 Å². The van der Waals surface area contributed by atoms with Crippen LogP contribution in [0, 0.1) is 0 Å². The summed E-state index contributed by atoms with van der Waals surface area (Å²) in [6, 6.07) is 16.1. The molecule has 0 atom stereocenters. The molecule has 0 aliphatic carbocycles. The Labute approximate surface area is 109 Å². The second-order valence-electron chi connectivity index (χ2n) is 3.57. The highest BCUT2D eigenvalue weighted by atomic mass is 127. The van der Waals surface area contributed by atoms with E-state index in [1.165, 1.54) is 11.1 Å². The Bertz CT molecular complexity index is 471. The Morgan fingerprint density at radius 3 is 1.81 bits per heavy atom. The Kier molecular flexibility index (Phi) is 3.72. The van der Waals surface area contributed by atoms with Gasteiger partial charge in [0.25, 0.3) is 0 Å². The highest BCUT2D eigenvalue weighted by Crippen LogP contribution is 2.20. The van der Waals surface area contributed by atoms with Gasteiger partial charge in [-0.25, -0.2) is 0 Å². The maximum Gasteiger partial charge on any atom is 0.150 e. The molecule has 0 fully saturated rings. The van der Waals surface area contributed by atoms with Gasteiger partial charge in [0.1, 0.15) is 6.29 Å². The van der Waals surface area contributed by atoms with E-state index in [0.717, 1.165) is 16.3 Å². The van der Waals surface area contributed by atoms with Gasteiger partial charge in [0.15, 0.2) is 0 Å². The minimum Gasteiger partial charge on any atom is -0.298 e. The number of alkyl halides is 1. The van der Waals surface area contributed by atoms with Gasteiger partial charge in [-0.1, -0.05) is 71.1 Å². The molecular weight excluding hydrogens is 311 g/mol. The van der Waals surface area contributed by atoms with Crippen LogP contribution in [0.25, 0.3) is 11.1 Å². The monoisotopic (exact) mass is 322 g/mol. The Hall–Kier alpha value is -1.16.